The summed E-state index contributed by atoms with van der Waals surface area (Å²) in [5.74, 6) is 0.221. The Balaban J connectivity index is 2.61. The van der Waals surface area contributed by atoms with Crippen molar-refractivity contribution in [3.05, 3.63) is 40.9 Å². The van der Waals surface area contributed by atoms with Crippen molar-refractivity contribution in [1.29, 1.82) is 0 Å². The number of hydrogen-bond donors (Lipinski definition) is 2. The number of fused-ring (bicyclic) bond motifs is 1. The lowest BCUT2D eigenvalue weighted by atomic mass is 10.0. The number of halogens is 1. The monoisotopic (exact) mass is 222 g/mol. The Morgan fingerprint density at radius 2 is 1.87 bits per heavy atom. The molecule has 0 aliphatic heterocycles. The molecule has 0 saturated carbocycles. The van der Waals surface area contributed by atoms with Crippen LogP contribution in [0.4, 0.5) is 0 Å². The van der Waals surface area contributed by atoms with E-state index in [0.29, 0.717) is 11.4 Å². The molecule has 0 unspecified atom stereocenters. The molecule has 2 rings (SSSR count). The Hall–Kier alpha value is -1.25. The molecule has 0 heterocycles. The summed E-state index contributed by atoms with van der Waals surface area (Å²) in [4.78, 5) is 0. The molecular weight excluding hydrogens is 212 g/mol. The highest BCUT2D eigenvalue weighted by molar-refractivity contribution is 6.31. The van der Waals surface area contributed by atoms with Gasteiger partial charge in [0.15, 0.2) is 0 Å². The fraction of sp³-hybridized carbons (Fsp3) is 0.167. The number of phenolic OH excluding ortho intramolecular Hbond substituents is 1. The third kappa shape index (κ3) is 2.06. The summed E-state index contributed by atoms with van der Waals surface area (Å²) in [6, 6.07) is 9.04. The van der Waals surface area contributed by atoms with Gasteiger partial charge < -0.3 is 10.2 Å². The SMILES string of the molecule is OCCc1cc2cc(Cl)ccc2cc1O. The molecule has 0 saturated heterocycles. The van der Waals surface area contributed by atoms with Gasteiger partial charge in [-0.15, -0.1) is 0 Å². The molecule has 0 fully saturated rings. The molecule has 0 aromatic heterocycles. The van der Waals surface area contributed by atoms with Gasteiger partial charge in [-0.2, -0.15) is 0 Å². The number of benzene rings is 2. The van der Waals surface area contributed by atoms with Crippen LogP contribution in [0.5, 0.6) is 5.75 Å². The second kappa shape index (κ2) is 4.09. The van der Waals surface area contributed by atoms with E-state index in [1.165, 1.54) is 0 Å². The first kappa shape index (κ1) is 10.3. The van der Waals surface area contributed by atoms with E-state index in [2.05, 4.69) is 0 Å². The smallest absolute Gasteiger partial charge is 0.119 e. The highest BCUT2D eigenvalue weighted by atomic mass is 35.5. The van der Waals surface area contributed by atoms with Crippen LogP contribution in [-0.2, 0) is 6.42 Å². The lowest BCUT2D eigenvalue weighted by Gasteiger charge is -2.05. The highest BCUT2D eigenvalue weighted by Gasteiger charge is 2.03. The summed E-state index contributed by atoms with van der Waals surface area (Å²) < 4.78 is 0. The van der Waals surface area contributed by atoms with E-state index in [4.69, 9.17) is 16.7 Å². The van der Waals surface area contributed by atoms with Crippen molar-refractivity contribution in [2.45, 2.75) is 6.42 Å². The van der Waals surface area contributed by atoms with E-state index < -0.39 is 0 Å². The fourth-order valence-corrected chi connectivity index (χ4v) is 1.80. The van der Waals surface area contributed by atoms with E-state index in [1.807, 2.05) is 18.2 Å². The zero-order valence-electron chi connectivity index (χ0n) is 8.07. The Morgan fingerprint density at radius 3 is 2.60 bits per heavy atom. The van der Waals surface area contributed by atoms with Crippen molar-refractivity contribution in [3.63, 3.8) is 0 Å². The van der Waals surface area contributed by atoms with Crippen molar-refractivity contribution >= 4 is 22.4 Å². The Kier molecular flexibility index (Phi) is 2.80. The largest absolute Gasteiger partial charge is 0.508 e. The first-order valence-corrected chi connectivity index (χ1v) is 5.10. The van der Waals surface area contributed by atoms with Crippen molar-refractivity contribution < 1.29 is 10.2 Å². The number of aliphatic hydroxyl groups is 1. The predicted molar refractivity (Wildman–Crippen MR) is 61.4 cm³/mol. The van der Waals surface area contributed by atoms with Crippen molar-refractivity contribution in [2.24, 2.45) is 0 Å². The van der Waals surface area contributed by atoms with Crippen molar-refractivity contribution in [2.75, 3.05) is 6.61 Å². The van der Waals surface area contributed by atoms with E-state index in [0.717, 1.165) is 16.3 Å². The molecule has 0 radical (unpaired) electrons. The van der Waals surface area contributed by atoms with Crippen LogP contribution in [0.15, 0.2) is 30.3 Å². The van der Waals surface area contributed by atoms with Gasteiger partial charge >= 0.3 is 0 Å². The van der Waals surface area contributed by atoms with Crippen LogP contribution >= 0.6 is 11.6 Å². The molecule has 0 atom stereocenters. The summed E-state index contributed by atoms with van der Waals surface area (Å²) in [6.07, 6.45) is 0.453. The average molecular weight is 223 g/mol. The van der Waals surface area contributed by atoms with Crippen LogP contribution in [0.3, 0.4) is 0 Å². The van der Waals surface area contributed by atoms with Crippen LogP contribution in [0.1, 0.15) is 5.56 Å². The maximum atomic E-state index is 9.66. The third-order valence-electron chi connectivity index (χ3n) is 2.38. The first-order chi connectivity index (χ1) is 7.20. The van der Waals surface area contributed by atoms with Gasteiger partial charge in [0, 0.05) is 11.6 Å². The maximum absolute atomic E-state index is 9.66. The van der Waals surface area contributed by atoms with Crippen LogP contribution in [-0.4, -0.2) is 16.8 Å². The molecule has 78 valence electrons. The fourth-order valence-electron chi connectivity index (χ4n) is 1.62. The van der Waals surface area contributed by atoms with E-state index in [1.54, 1.807) is 12.1 Å². The second-order valence-corrected chi connectivity index (χ2v) is 3.88. The molecule has 2 nitrogen and oxygen atoms in total. The summed E-state index contributed by atoms with van der Waals surface area (Å²) in [5.41, 5.74) is 0.743. The zero-order valence-corrected chi connectivity index (χ0v) is 8.83. The number of phenols is 1. The Morgan fingerprint density at radius 1 is 1.07 bits per heavy atom. The zero-order chi connectivity index (χ0) is 10.8. The number of rotatable bonds is 2. The standard InChI is InChI=1S/C12H11ClO2/c13-11-2-1-8-7-12(15)9(3-4-14)5-10(8)6-11/h1-2,5-7,14-15H,3-4H2. The molecule has 3 heteroatoms. The van der Waals surface area contributed by atoms with Gasteiger partial charge in [-0.1, -0.05) is 17.7 Å². The summed E-state index contributed by atoms with van der Waals surface area (Å²) in [6.45, 7) is 0.0274. The molecule has 0 amide bonds. The van der Waals surface area contributed by atoms with Gasteiger partial charge in [0.2, 0.25) is 0 Å². The van der Waals surface area contributed by atoms with Gasteiger partial charge in [0.25, 0.3) is 0 Å². The minimum Gasteiger partial charge on any atom is -0.508 e. The van der Waals surface area contributed by atoms with E-state index in [-0.39, 0.29) is 12.4 Å². The predicted octanol–water partition coefficient (Wildman–Crippen LogP) is 2.73. The topological polar surface area (TPSA) is 40.5 Å². The van der Waals surface area contributed by atoms with Crippen LogP contribution in [0, 0.1) is 0 Å². The van der Waals surface area contributed by atoms with Gasteiger partial charge in [-0.05, 0) is 47.0 Å². The van der Waals surface area contributed by atoms with Gasteiger partial charge in [0.1, 0.15) is 5.75 Å². The van der Waals surface area contributed by atoms with Crippen molar-refractivity contribution in [3.8, 4) is 5.75 Å². The van der Waals surface area contributed by atoms with Gasteiger partial charge in [0.05, 0.1) is 0 Å². The molecule has 0 spiro atoms. The molecule has 2 N–H and O–H groups in total. The molecule has 2 aromatic carbocycles. The van der Waals surface area contributed by atoms with Gasteiger partial charge in [-0.25, -0.2) is 0 Å². The lowest BCUT2D eigenvalue weighted by Crippen LogP contribution is -1.91. The molecule has 0 aliphatic rings. The summed E-state index contributed by atoms with van der Waals surface area (Å²) in [7, 11) is 0. The summed E-state index contributed by atoms with van der Waals surface area (Å²) in [5, 5.41) is 21.1. The normalized spacial score (nSPS) is 10.8. The Bertz CT molecular complexity index is 494. The molecule has 0 bridgehead atoms. The Labute approximate surface area is 92.7 Å². The van der Waals surface area contributed by atoms with E-state index in [9.17, 15) is 5.11 Å². The lowest BCUT2D eigenvalue weighted by molar-refractivity contribution is 0.297. The average Bonchev–Trinajstić information content (AvgIpc) is 2.20. The molecule has 2 aromatic rings. The molecule has 15 heavy (non-hydrogen) atoms. The molecule has 0 aliphatic carbocycles. The van der Waals surface area contributed by atoms with Crippen LogP contribution in [0.2, 0.25) is 5.02 Å². The number of aliphatic hydroxyl groups excluding tert-OH is 1. The maximum Gasteiger partial charge on any atom is 0.119 e. The minimum absolute atomic E-state index is 0.0274. The van der Waals surface area contributed by atoms with E-state index >= 15 is 0 Å². The summed E-state index contributed by atoms with van der Waals surface area (Å²) >= 11 is 5.88. The third-order valence-corrected chi connectivity index (χ3v) is 2.62. The number of hydrogen-bond acceptors (Lipinski definition) is 2. The first-order valence-electron chi connectivity index (χ1n) is 4.73. The minimum atomic E-state index is 0.0274. The second-order valence-electron chi connectivity index (χ2n) is 3.45. The van der Waals surface area contributed by atoms with Crippen molar-refractivity contribution in [1.82, 2.24) is 0 Å². The van der Waals surface area contributed by atoms with Crippen LogP contribution < -0.4 is 0 Å². The highest BCUT2D eigenvalue weighted by Crippen LogP contribution is 2.27. The quantitative estimate of drug-likeness (QED) is 0.820. The van der Waals surface area contributed by atoms with Crippen LogP contribution in [0.25, 0.3) is 10.8 Å². The molecular formula is C12H11ClO2. The van der Waals surface area contributed by atoms with Gasteiger partial charge in [-0.3, -0.25) is 0 Å². The number of aromatic hydroxyl groups is 1.